The fourth-order valence-electron chi connectivity index (χ4n) is 0.352. The Hall–Kier alpha value is -0.940. The first-order chi connectivity index (χ1) is 4.87. The van der Waals surface area contributed by atoms with E-state index < -0.39 is 24.6 Å². The molecule has 1 atom stereocenters. The van der Waals surface area contributed by atoms with Crippen molar-refractivity contribution in [3.05, 3.63) is 0 Å². The Morgan fingerprint density at radius 2 is 1.55 bits per heavy atom. The number of halogens is 4. The molecule has 0 spiro atoms. The smallest absolute Gasteiger partial charge is 0.303 e. The van der Waals surface area contributed by atoms with Gasteiger partial charge in [0, 0.05) is 0 Å². The number of rotatable bonds is 3. The standard InChI is InChI=1S/C5H4F4O2/c6-4(3-11,1-2-10)5(7,8)9/h2-3H,1H2. The van der Waals surface area contributed by atoms with Gasteiger partial charge in [-0.15, -0.1) is 0 Å². The van der Waals surface area contributed by atoms with E-state index in [1.807, 2.05) is 0 Å². The van der Waals surface area contributed by atoms with E-state index in [1.54, 1.807) is 0 Å². The van der Waals surface area contributed by atoms with Crippen molar-refractivity contribution >= 4 is 12.6 Å². The summed E-state index contributed by atoms with van der Waals surface area (Å²) in [5.41, 5.74) is -4.02. The topological polar surface area (TPSA) is 34.1 Å². The van der Waals surface area contributed by atoms with E-state index in [9.17, 15) is 27.2 Å². The lowest BCUT2D eigenvalue weighted by Crippen LogP contribution is -2.42. The molecule has 11 heavy (non-hydrogen) atoms. The van der Waals surface area contributed by atoms with Crippen LogP contribution in [-0.2, 0) is 9.59 Å². The highest BCUT2D eigenvalue weighted by Crippen LogP contribution is 2.34. The molecule has 0 bridgehead atoms. The van der Waals surface area contributed by atoms with E-state index in [-0.39, 0.29) is 6.29 Å². The maximum atomic E-state index is 12.3. The zero-order chi connectivity index (χ0) is 9.12. The first-order valence-corrected chi connectivity index (χ1v) is 2.53. The third-order valence-corrected chi connectivity index (χ3v) is 1.04. The fourth-order valence-corrected chi connectivity index (χ4v) is 0.352. The van der Waals surface area contributed by atoms with E-state index in [1.165, 1.54) is 0 Å². The van der Waals surface area contributed by atoms with Crippen LogP contribution in [0, 0.1) is 0 Å². The van der Waals surface area contributed by atoms with Crippen LogP contribution in [0.5, 0.6) is 0 Å². The zero-order valence-electron chi connectivity index (χ0n) is 5.19. The van der Waals surface area contributed by atoms with Gasteiger partial charge in [0.15, 0.2) is 6.29 Å². The summed E-state index contributed by atoms with van der Waals surface area (Å²) in [6.07, 6.45) is -8.00. The van der Waals surface area contributed by atoms with E-state index in [2.05, 4.69) is 0 Å². The van der Waals surface area contributed by atoms with E-state index in [0.717, 1.165) is 0 Å². The second kappa shape index (κ2) is 2.98. The van der Waals surface area contributed by atoms with Gasteiger partial charge in [0.25, 0.3) is 5.67 Å². The van der Waals surface area contributed by atoms with Crippen LogP contribution in [0.1, 0.15) is 6.42 Å². The summed E-state index contributed by atoms with van der Waals surface area (Å²) in [5, 5.41) is 0. The van der Waals surface area contributed by atoms with Crippen molar-refractivity contribution in [2.45, 2.75) is 18.3 Å². The number of carbonyl (C=O) groups is 2. The largest absolute Gasteiger partial charge is 0.429 e. The number of alkyl halides is 4. The van der Waals surface area contributed by atoms with Gasteiger partial charge in [-0.25, -0.2) is 4.39 Å². The Bertz CT molecular complexity index is 164. The predicted octanol–water partition coefficient (Wildman–Crippen LogP) is 1.04. The first-order valence-electron chi connectivity index (χ1n) is 2.53. The number of aldehydes is 2. The van der Waals surface area contributed by atoms with Crippen molar-refractivity contribution in [3.8, 4) is 0 Å². The van der Waals surface area contributed by atoms with Crippen LogP contribution in [0.25, 0.3) is 0 Å². The summed E-state index contributed by atoms with van der Waals surface area (Å²) in [5.74, 6) is 0. The molecule has 0 fully saturated rings. The summed E-state index contributed by atoms with van der Waals surface area (Å²) in [6, 6.07) is 0. The van der Waals surface area contributed by atoms with E-state index >= 15 is 0 Å². The fraction of sp³-hybridized carbons (Fsp3) is 0.600. The van der Waals surface area contributed by atoms with Crippen molar-refractivity contribution in [2.24, 2.45) is 0 Å². The zero-order valence-corrected chi connectivity index (χ0v) is 5.19. The maximum absolute atomic E-state index is 12.3. The molecule has 0 rings (SSSR count). The van der Waals surface area contributed by atoms with E-state index in [4.69, 9.17) is 0 Å². The van der Waals surface area contributed by atoms with Gasteiger partial charge in [-0.1, -0.05) is 0 Å². The minimum Gasteiger partial charge on any atom is -0.303 e. The third kappa shape index (κ3) is 1.99. The number of hydrogen-bond acceptors (Lipinski definition) is 2. The second-order valence-corrected chi connectivity index (χ2v) is 1.85. The van der Waals surface area contributed by atoms with Gasteiger partial charge < -0.3 is 4.79 Å². The lowest BCUT2D eigenvalue weighted by molar-refractivity contribution is -0.219. The number of carbonyl (C=O) groups excluding carboxylic acids is 2. The molecule has 0 aliphatic carbocycles. The van der Waals surface area contributed by atoms with Crippen LogP contribution >= 0.6 is 0 Å². The summed E-state index contributed by atoms with van der Waals surface area (Å²) < 4.78 is 46.9. The molecule has 64 valence electrons. The summed E-state index contributed by atoms with van der Waals surface area (Å²) in [7, 11) is 0. The van der Waals surface area contributed by atoms with Gasteiger partial charge in [0.1, 0.15) is 6.29 Å². The van der Waals surface area contributed by atoms with E-state index in [0.29, 0.717) is 0 Å². The summed E-state index contributed by atoms with van der Waals surface area (Å²) >= 11 is 0. The molecule has 0 saturated heterocycles. The lowest BCUT2D eigenvalue weighted by Gasteiger charge is -2.18. The SMILES string of the molecule is O=CCC(F)(C=O)C(F)(F)F. The minimum absolute atomic E-state index is 0.290. The van der Waals surface area contributed by atoms with Crippen molar-refractivity contribution in [1.82, 2.24) is 0 Å². The molecule has 1 unspecified atom stereocenters. The molecule has 0 aliphatic heterocycles. The molecule has 0 amide bonds. The van der Waals surface area contributed by atoms with Crippen LogP contribution in [0.4, 0.5) is 17.6 Å². The third-order valence-electron chi connectivity index (χ3n) is 1.04. The molecular formula is C5H4F4O2. The normalized spacial score (nSPS) is 17.1. The predicted molar refractivity (Wildman–Crippen MR) is 26.6 cm³/mol. The highest BCUT2D eigenvalue weighted by atomic mass is 19.4. The molecule has 0 aromatic rings. The Labute approximate surface area is 59.2 Å². The average molecular weight is 172 g/mol. The molecule has 2 nitrogen and oxygen atoms in total. The van der Waals surface area contributed by atoms with Gasteiger partial charge in [-0.05, 0) is 0 Å². The highest BCUT2D eigenvalue weighted by Gasteiger charge is 2.55. The van der Waals surface area contributed by atoms with Crippen LogP contribution < -0.4 is 0 Å². The van der Waals surface area contributed by atoms with Gasteiger partial charge in [-0.3, -0.25) is 4.79 Å². The molecule has 0 aromatic heterocycles. The van der Waals surface area contributed by atoms with Gasteiger partial charge in [-0.2, -0.15) is 13.2 Å². The van der Waals surface area contributed by atoms with Crippen molar-refractivity contribution in [2.75, 3.05) is 0 Å². The Morgan fingerprint density at radius 1 is 1.09 bits per heavy atom. The van der Waals surface area contributed by atoms with Crippen molar-refractivity contribution < 1.29 is 27.2 Å². The van der Waals surface area contributed by atoms with Crippen LogP contribution in [0.3, 0.4) is 0 Å². The van der Waals surface area contributed by atoms with Gasteiger partial charge in [0.05, 0.1) is 6.42 Å². The highest BCUT2D eigenvalue weighted by molar-refractivity contribution is 5.70. The minimum atomic E-state index is -5.31. The van der Waals surface area contributed by atoms with Crippen molar-refractivity contribution in [3.63, 3.8) is 0 Å². The monoisotopic (exact) mass is 172 g/mol. The first kappa shape index (κ1) is 10.1. The Morgan fingerprint density at radius 3 is 1.64 bits per heavy atom. The second-order valence-electron chi connectivity index (χ2n) is 1.85. The maximum Gasteiger partial charge on any atom is 0.429 e. The Kier molecular flexibility index (Phi) is 2.72. The van der Waals surface area contributed by atoms with Crippen LogP contribution in [0.2, 0.25) is 0 Å². The molecule has 6 heteroatoms. The molecule has 0 radical (unpaired) electrons. The molecular weight excluding hydrogens is 168 g/mol. The van der Waals surface area contributed by atoms with Crippen LogP contribution in [0.15, 0.2) is 0 Å². The quantitative estimate of drug-likeness (QED) is 0.471. The molecule has 0 saturated carbocycles. The molecule has 0 aliphatic rings. The summed E-state index contributed by atoms with van der Waals surface area (Å²) in [6.45, 7) is 0. The average Bonchev–Trinajstić information content (AvgIpc) is 1.86. The molecule has 0 heterocycles. The Balaban J connectivity index is 4.58. The van der Waals surface area contributed by atoms with Gasteiger partial charge >= 0.3 is 6.18 Å². The summed E-state index contributed by atoms with van der Waals surface area (Å²) in [4.78, 5) is 19.1. The van der Waals surface area contributed by atoms with Crippen LogP contribution in [-0.4, -0.2) is 24.4 Å². The molecule has 0 N–H and O–H groups in total. The number of hydrogen-bond donors (Lipinski definition) is 0. The lowest BCUT2D eigenvalue weighted by atomic mass is 10.1. The van der Waals surface area contributed by atoms with Crippen molar-refractivity contribution in [1.29, 1.82) is 0 Å². The molecule has 0 aromatic carbocycles. The van der Waals surface area contributed by atoms with Gasteiger partial charge in [0.2, 0.25) is 0 Å².